The molecule has 14 heavy (non-hydrogen) atoms. The predicted molar refractivity (Wildman–Crippen MR) is 66.2 cm³/mol. The Morgan fingerprint density at radius 2 is 2.00 bits per heavy atom. The standard InChI is InChI=1S/C11H16ClNS/c1-13-7-2-8-14-9-10-3-5-11(12)6-4-10/h3-6,13H,2,7-9H2,1H3. The van der Waals surface area contributed by atoms with Crippen molar-refractivity contribution in [2.24, 2.45) is 0 Å². The van der Waals surface area contributed by atoms with Crippen LogP contribution in [0.4, 0.5) is 0 Å². The third kappa shape index (κ3) is 4.89. The number of rotatable bonds is 6. The van der Waals surface area contributed by atoms with Crippen LogP contribution in [0.3, 0.4) is 0 Å². The van der Waals surface area contributed by atoms with Crippen molar-refractivity contribution in [1.82, 2.24) is 5.32 Å². The molecular weight excluding hydrogens is 214 g/mol. The molecular formula is C11H16ClNS. The Morgan fingerprint density at radius 3 is 2.64 bits per heavy atom. The molecule has 0 fully saturated rings. The van der Waals surface area contributed by atoms with Gasteiger partial charge in [0.1, 0.15) is 0 Å². The minimum Gasteiger partial charge on any atom is -0.320 e. The van der Waals surface area contributed by atoms with Gasteiger partial charge in [0, 0.05) is 10.8 Å². The van der Waals surface area contributed by atoms with E-state index in [2.05, 4.69) is 17.4 Å². The fraction of sp³-hybridized carbons (Fsp3) is 0.455. The van der Waals surface area contributed by atoms with E-state index >= 15 is 0 Å². The molecule has 0 unspecified atom stereocenters. The van der Waals surface area contributed by atoms with Gasteiger partial charge in [0.15, 0.2) is 0 Å². The highest BCUT2D eigenvalue weighted by Crippen LogP contribution is 2.15. The van der Waals surface area contributed by atoms with Gasteiger partial charge in [0.2, 0.25) is 0 Å². The molecule has 0 amide bonds. The third-order valence-corrected chi connectivity index (χ3v) is 3.26. The van der Waals surface area contributed by atoms with Crippen LogP contribution in [0, 0.1) is 0 Å². The second kappa shape index (κ2) is 7.16. The predicted octanol–water partition coefficient (Wildman–Crippen LogP) is 3.18. The molecule has 1 N–H and O–H groups in total. The minimum absolute atomic E-state index is 0.814. The maximum Gasteiger partial charge on any atom is 0.0406 e. The summed E-state index contributed by atoms with van der Waals surface area (Å²) in [5.41, 5.74) is 1.35. The van der Waals surface area contributed by atoms with Crippen LogP contribution in [0.15, 0.2) is 24.3 Å². The van der Waals surface area contributed by atoms with Gasteiger partial charge in [-0.15, -0.1) is 0 Å². The highest BCUT2D eigenvalue weighted by Gasteiger charge is 1.93. The summed E-state index contributed by atoms with van der Waals surface area (Å²) in [7, 11) is 1.99. The zero-order valence-corrected chi connectivity index (χ0v) is 10.00. The summed E-state index contributed by atoms with van der Waals surface area (Å²) >= 11 is 7.77. The van der Waals surface area contributed by atoms with Crippen LogP contribution in [-0.2, 0) is 5.75 Å². The first kappa shape index (κ1) is 11.9. The van der Waals surface area contributed by atoms with E-state index in [0.717, 1.165) is 17.3 Å². The van der Waals surface area contributed by atoms with Crippen LogP contribution in [0.25, 0.3) is 0 Å². The molecule has 1 nitrogen and oxygen atoms in total. The van der Waals surface area contributed by atoms with Crippen LogP contribution in [0.5, 0.6) is 0 Å². The Morgan fingerprint density at radius 1 is 1.29 bits per heavy atom. The first-order chi connectivity index (χ1) is 6.83. The van der Waals surface area contributed by atoms with E-state index in [-0.39, 0.29) is 0 Å². The lowest BCUT2D eigenvalue weighted by Crippen LogP contribution is -2.08. The smallest absolute Gasteiger partial charge is 0.0406 e. The molecule has 0 aliphatic heterocycles. The van der Waals surface area contributed by atoms with Crippen LogP contribution >= 0.6 is 23.4 Å². The molecule has 0 aliphatic carbocycles. The molecule has 78 valence electrons. The number of benzene rings is 1. The lowest BCUT2D eigenvalue weighted by Gasteiger charge is -2.01. The van der Waals surface area contributed by atoms with Crippen molar-refractivity contribution >= 4 is 23.4 Å². The molecule has 1 rings (SSSR count). The molecule has 0 saturated heterocycles. The Kier molecular flexibility index (Phi) is 6.08. The van der Waals surface area contributed by atoms with Crippen LogP contribution in [-0.4, -0.2) is 19.3 Å². The summed E-state index contributed by atoms with van der Waals surface area (Å²) in [6.07, 6.45) is 1.23. The Labute approximate surface area is 95.2 Å². The Hall–Kier alpha value is -0.180. The van der Waals surface area contributed by atoms with Crippen LogP contribution in [0.1, 0.15) is 12.0 Å². The summed E-state index contributed by atoms with van der Waals surface area (Å²) in [5.74, 6) is 2.30. The first-order valence-electron chi connectivity index (χ1n) is 4.79. The van der Waals surface area contributed by atoms with Crippen LogP contribution in [0.2, 0.25) is 5.02 Å². The highest BCUT2D eigenvalue weighted by atomic mass is 35.5. The Balaban J connectivity index is 2.15. The van der Waals surface area contributed by atoms with Gasteiger partial charge in [-0.3, -0.25) is 0 Å². The molecule has 0 aliphatic rings. The van der Waals surface area contributed by atoms with Crippen LogP contribution < -0.4 is 5.32 Å². The van der Waals surface area contributed by atoms with E-state index in [9.17, 15) is 0 Å². The molecule has 0 saturated carbocycles. The highest BCUT2D eigenvalue weighted by molar-refractivity contribution is 7.98. The molecule has 0 heterocycles. The summed E-state index contributed by atoms with van der Waals surface area (Å²) in [6.45, 7) is 1.10. The van der Waals surface area contributed by atoms with Crippen molar-refractivity contribution in [2.45, 2.75) is 12.2 Å². The molecule has 1 aromatic rings. The fourth-order valence-electron chi connectivity index (χ4n) is 1.12. The van der Waals surface area contributed by atoms with E-state index in [4.69, 9.17) is 11.6 Å². The summed E-state index contributed by atoms with van der Waals surface area (Å²) < 4.78 is 0. The molecule has 0 bridgehead atoms. The normalized spacial score (nSPS) is 10.4. The molecule has 0 radical (unpaired) electrons. The summed E-state index contributed by atoms with van der Waals surface area (Å²) in [4.78, 5) is 0. The van der Waals surface area contributed by atoms with Crippen molar-refractivity contribution in [2.75, 3.05) is 19.3 Å². The van der Waals surface area contributed by atoms with E-state index in [1.54, 1.807) is 0 Å². The van der Waals surface area contributed by atoms with Gasteiger partial charge in [-0.25, -0.2) is 0 Å². The van der Waals surface area contributed by atoms with Gasteiger partial charge in [-0.1, -0.05) is 23.7 Å². The first-order valence-corrected chi connectivity index (χ1v) is 6.33. The number of nitrogens with one attached hydrogen (secondary N) is 1. The molecule has 3 heteroatoms. The van der Waals surface area contributed by atoms with E-state index in [1.807, 2.05) is 30.9 Å². The second-order valence-electron chi connectivity index (χ2n) is 3.14. The average Bonchev–Trinajstić information content (AvgIpc) is 2.21. The lowest BCUT2D eigenvalue weighted by molar-refractivity contribution is 0.778. The number of halogens is 1. The minimum atomic E-state index is 0.814. The van der Waals surface area contributed by atoms with Gasteiger partial charge < -0.3 is 5.32 Å². The molecule has 0 atom stereocenters. The van der Waals surface area contributed by atoms with Gasteiger partial charge >= 0.3 is 0 Å². The van der Waals surface area contributed by atoms with Gasteiger partial charge in [0.05, 0.1) is 0 Å². The molecule has 0 spiro atoms. The van der Waals surface area contributed by atoms with Crippen molar-refractivity contribution in [1.29, 1.82) is 0 Å². The van der Waals surface area contributed by atoms with Gasteiger partial charge in [-0.2, -0.15) is 11.8 Å². The zero-order valence-electron chi connectivity index (χ0n) is 8.42. The zero-order chi connectivity index (χ0) is 10.2. The molecule has 0 aromatic heterocycles. The van der Waals surface area contributed by atoms with Gasteiger partial charge in [0.25, 0.3) is 0 Å². The largest absolute Gasteiger partial charge is 0.320 e. The maximum atomic E-state index is 5.80. The van der Waals surface area contributed by atoms with E-state index in [1.165, 1.54) is 17.7 Å². The van der Waals surface area contributed by atoms with Crippen molar-refractivity contribution in [3.63, 3.8) is 0 Å². The van der Waals surface area contributed by atoms with Crippen molar-refractivity contribution < 1.29 is 0 Å². The quantitative estimate of drug-likeness (QED) is 0.752. The second-order valence-corrected chi connectivity index (χ2v) is 4.68. The number of thioether (sulfide) groups is 1. The number of hydrogen-bond donors (Lipinski definition) is 1. The summed E-state index contributed by atoms with van der Waals surface area (Å²) in [5, 5.41) is 3.96. The van der Waals surface area contributed by atoms with Crippen molar-refractivity contribution in [3.8, 4) is 0 Å². The SMILES string of the molecule is CNCCCSCc1ccc(Cl)cc1. The topological polar surface area (TPSA) is 12.0 Å². The van der Waals surface area contributed by atoms with Gasteiger partial charge in [-0.05, 0) is 43.5 Å². The summed E-state index contributed by atoms with van der Waals surface area (Å²) in [6, 6.07) is 8.08. The average molecular weight is 230 g/mol. The third-order valence-electron chi connectivity index (χ3n) is 1.90. The monoisotopic (exact) mass is 229 g/mol. The van der Waals surface area contributed by atoms with E-state index < -0.39 is 0 Å². The van der Waals surface area contributed by atoms with Crippen molar-refractivity contribution in [3.05, 3.63) is 34.9 Å². The lowest BCUT2D eigenvalue weighted by atomic mass is 10.2. The Bertz CT molecular complexity index is 248. The maximum absolute atomic E-state index is 5.80. The number of hydrogen-bond acceptors (Lipinski definition) is 2. The molecule has 1 aromatic carbocycles. The fourth-order valence-corrected chi connectivity index (χ4v) is 2.17. The van der Waals surface area contributed by atoms with E-state index in [0.29, 0.717) is 0 Å².